The van der Waals surface area contributed by atoms with Crippen LogP contribution in [0.3, 0.4) is 0 Å². The first-order valence-electron chi connectivity index (χ1n) is 8.33. The quantitative estimate of drug-likeness (QED) is 0.463. The zero-order chi connectivity index (χ0) is 16.7. The van der Waals surface area contributed by atoms with Crippen molar-refractivity contribution in [3.63, 3.8) is 0 Å². The van der Waals surface area contributed by atoms with E-state index in [9.17, 15) is 0 Å². The van der Waals surface area contributed by atoms with E-state index in [-0.39, 0.29) is 0 Å². The summed E-state index contributed by atoms with van der Waals surface area (Å²) in [4.78, 5) is 13.6. The number of nitrogens with zero attached hydrogens (tertiary/aromatic N) is 4. The second kappa shape index (κ2) is 9.30. The Kier molecular flexibility index (Phi) is 7.39. The van der Waals surface area contributed by atoms with Crippen molar-refractivity contribution in [3.8, 4) is 0 Å². The molecule has 2 heterocycles. The van der Waals surface area contributed by atoms with Crippen molar-refractivity contribution < 1.29 is 4.74 Å². The molecule has 1 aliphatic heterocycles. The van der Waals surface area contributed by atoms with Crippen LogP contribution in [0.1, 0.15) is 19.8 Å². The summed E-state index contributed by atoms with van der Waals surface area (Å²) in [7, 11) is 4.20. The van der Waals surface area contributed by atoms with Crippen molar-refractivity contribution in [3.05, 3.63) is 6.07 Å². The molecule has 0 saturated carbocycles. The Bertz CT molecular complexity index is 486. The van der Waals surface area contributed by atoms with Gasteiger partial charge in [0.05, 0.1) is 13.2 Å². The summed E-state index contributed by atoms with van der Waals surface area (Å²) in [6, 6.07) is 1.88. The fraction of sp³-hybridized carbons (Fsp3) is 0.750. The van der Waals surface area contributed by atoms with Crippen molar-refractivity contribution in [2.45, 2.75) is 24.9 Å². The molecule has 0 spiro atoms. The van der Waals surface area contributed by atoms with Crippen LogP contribution >= 0.6 is 11.8 Å². The zero-order valence-corrected chi connectivity index (χ0v) is 15.3. The van der Waals surface area contributed by atoms with Crippen molar-refractivity contribution in [2.75, 3.05) is 63.3 Å². The topological polar surface area (TPSA) is 67.5 Å². The third-order valence-electron chi connectivity index (χ3n) is 3.73. The highest BCUT2D eigenvalue weighted by atomic mass is 32.2. The normalized spacial score (nSPS) is 19.1. The molecular formula is C16H29N5OS. The molecule has 0 radical (unpaired) electrons. The average Bonchev–Trinajstić information content (AvgIpc) is 2.72. The number of hydrogen-bond donors (Lipinski definition) is 1. The molecule has 130 valence electrons. The summed E-state index contributed by atoms with van der Waals surface area (Å²) in [5.74, 6) is 2.97. The van der Waals surface area contributed by atoms with E-state index in [2.05, 4.69) is 35.8 Å². The summed E-state index contributed by atoms with van der Waals surface area (Å²) in [5, 5.41) is 0.780. The van der Waals surface area contributed by atoms with E-state index in [4.69, 9.17) is 15.5 Å². The van der Waals surface area contributed by atoms with Gasteiger partial charge in [-0.3, -0.25) is 0 Å². The van der Waals surface area contributed by atoms with Crippen LogP contribution in [0.5, 0.6) is 0 Å². The maximum Gasteiger partial charge on any atom is 0.191 e. The fourth-order valence-corrected chi connectivity index (χ4v) is 3.62. The number of rotatable bonds is 7. The maximum atomic E-state index is 5.99. The lowest BCUT2D eigenvalue weighted by molar-refractivity contribution is 0.113. The number of nitrogen functional groups attached to an aromatic ring is 1. The van der Waals surface area contributed by atoms with E-state index in [1.165, 1.54) is 12.8 Å². The molecule has 1 fully saturated rings. The van der Waals surface area contributed by atoms with Gasteiger partial charge in [-0.15, -0.1) is 0 Å². The van der Waals surface area contributed by atoms with E-state index in [1.54, 1.807) is 11.8 Å². The second-order valence-electron chi connectivity index (χ2n) is 6.28. The van der Waals surface area contributed by atoms with Crippen molar-refractivity contribution in [2.24, 2.45) is 5.92 Å². The average molecular weight is 340 g/mol. The minimum absolute atomic E-state index is 0.472. The molecule has 0 amide bonds. The fourth-order valence-electron chi connectivity index (χ4n) is 2.68. The SMILES string of the molecule is CCCCSc1nc(N)cc(N2CCOC[C@@H](CN(C)C)C2)n1. The number of unbranched alkanes of at least 4 members (excludes halogenated alkanes) is 1. The van der Waals surface area contributed by atoms with Gasteiger partial charge in [-0.05, 0) is 20.5 Å². The first-order chi connectivity index (χ1) is 11.1. The number of nitrogens with two attached hydrogens (primary N) is 1. The first-order valence-corrected chi connectivity index (χ1v) is 9.31. The molecule has 1 aliphatic rings. The Balaban J connectivity index is 2.08. The van der Waals surface area contributed by atoms with Gasteiger partial charge in [0, 0.05) is 37.4 Å². The third-order valence-corrected chi connectivity index (χ3v) is 4.66. The number of hydrogen-bond acceptors (Lipinski definition) is 7. The molecule has 0 aliphatic carbocycles. The van der Waals surface area contributed by atoms with Crippen LogP contribution in [-0.4, -0.2) is 67.6 Å². The lowest BCUT2D eigenvalue weighted by Gasteiger charge is -2.26. The Morgan fingerprint density at radius 3 is 3.00 bits per heavy atom. The summed E-state index contributed by atoms with van der Waals surface area (Å²) in [6.45, 7) is 6.51. The van der Waals surface area contributed by atoms with Crippen molar-refractivity contribution in [1.82, 2.24) is 14.9 Å². The molecular weight excluding hydrogens is 310 g/mol. The van der Waals surface area contributed by atoms with Crippen LogP contribution in [0.4, 0.5) is 11.6 Å². The largest absolute Gasteiger partial charge is 0.383 e. The molecule has 1 atom stereocenters. The molecule has 1 saturated heterocycles. The highest BCUT2D eigenvalue weighted by molar-refractivity contribution is 7.99. The summed E-state index contributed by atoms with van der Waals surface area (Å²) >= 11 is 1.69. The molecule has 6 nitrogen and oxygen atoms in total. The van der Waals surface area contributed by atoms with Gasteiger partial charge in [0.1, 0.15) is 11.6 Å². The number of aromatic nitrogens is 2. The van der Waals surface area contributed by atoms with Crippen molar-refractivity contribution >= 4 is 23.4 Å². The van der Waals surface area contributed by atoms with Gasteiger partial charge in [0.2, 0.25) is 0 Å². The highest BCUT2D eigenvalue weighted by Crippen LogP contribution is 2.23. The summed E-state index contributed by atoms with van der Waals surface area (Å²) in [5.41, 5.74) is 5.99. The molecule has 0 unspecified atom stereocenters. The van der Waals surface area contributed by atoms with E-state index in [1.807, 2.05) is 6.07 Å². The van der Waals surface area contributed by atoms with E-state index < -0.39 is 0 Å². The highest BCUT2D eigenvalue weighted by Gasteiger charge is 2.21. The number of thioether (sulfide) groups is 1. The number of anilines is 2. The number of ether oxygens (including phenoxy) is 1. The van der Waals surface area contributed by atoms with Crippen LogP contribution in [0, 0.1) is 5.92 Å². The molecule has 2 N–H and O–H groups in total. The van der Waals surface area contributed by atoms with Gasteiger partial charge in [0.15, 0.2) is 5.16 Å². The monoisotopic (exact) mass is 339 g/mol. The van der Waals surface area contributed by atoms with E-state index in [0.717, 1.165) is 49.6 Å². The van der Waals surface area contributed by atoms with Crippen LogP contribution in [0.2, 0.25) is 0 Å². The smallest absolute Gasteiger partial charge is 0.191 e. The van der Waals surface area contributed by atoms with Crippen LogP contribution in [0.25, 0.3) is 0 Å². The molecule has 2 rings (SSSR count). The minimum atomic E-state index is 0.472. The molecule has 7 heteroatoms. The lowest BCUT2D eigenvalue weighted by atomic mass is 10.1. The van der Waals surface area contributed by atoms with E-state index in [0.29, 0.717) is 11.7 Å². The van der Waals surface area contributed by atoms with Crippen molar-refractivity contribution in [1.29, 1.82) is 0 Å². The van der Waals surface area contributed by atoms with Gasteiger partial charge in [-0.25, -0.2) is 9.97 Å². The molecule has 1 aromatic rings. The van der Waals surface area contributed by atoms with Crippen LogP contribution < -0.4 is 10.6 Å². The standard InChI is InChI=1S/C16H29N5OS/c1-4-5-8-23-16-18-14(17)9-15(19-16)21-6-7-22-12-13(11-21)10-20(2)3/h9,13H,4-8,10-12H2,1-3H3,(H2,17,18,19)/t13-/m0/s1. The molecule has 0 bridgehead atoms. The Hall–Kier alpha value is -1.05. The Labute approximate surface area is 143 Å². The van der Waals surface area contributed by atoms with Gasteiger partial charge >= 0.3 is 0 Å². The molecule has 23 heavy (non-hydrogen) atoms. The van der Waals surface area contributed by atoms with E-state index >= 15 is 0 Å². The predicted octanol–water partition coefficient (Wildman–Crippen LogP) is 1.97. The first kappa shape index (κ1) is 18.3. The molecule has 1 aromatic heterocycles. The predicted molar refractivity (Wildman–Crippen MR) is 97.2 cm³/mol. The maximum absolute atomic E-state index is 5.99. The Morgan fingerprint density at radius 1 is 1.43 bits per heavy atom. The molecule has 0 aromatic carbocycles. The lowest BCUT2D eigenvalue weighted by Crippen LogP contribution is -2.35. The summed E-state index contributed by atoms with van der Waals surface area (Å²) < 4.78 is 5.75. The zero-order valence-electron chi connectivity index (χ0n) is 14.5. The van der Waals surface area contributed by atoms with Gasteiger partial charge in [-0.1, -0.05) is 25.1 Å². The second-order valence-corrected chi connectivity index (χ2v) is 7.35. The minimum Gasteiger partial charge on any atom is -0.383 e. The van der Waals surface area contributed by atoms with Gasteiger partial charge in [0.25, 0.3) is 0 Å². The Morgan fingerprint density at radius 2 is 2.26 bits per heavy atom. The van der Waals surface area contributed by atoms with Gasteiger partial charge in [-0.2, -0.15) is 0 Å². The third kappa shape index (κ3) is 6.16. The van der Waals surface area contributed by atoms with Gasteiger partial charge < -0.3 is 20.3 Å². The van der Waals surface area contributed by atoms with Crippen LogP contribution in [0.15, 0.2) is 11.2 Å². The summed E-state index contributed by atoms with van der Waals surface area (Å²) in [6.07, 6.45) is 2.35. The van der Waals surface area contributed by atoms with Crippen LogP contribution in [-0.2, 0) is 4.74 Å².